The second kappa shape index (κ2) is 3.09. The average molecular weight is 167 g/mol. The van der Waals surface area contributed by atoms with Gasteiger partial charge in [0.25, 0.3) is 0 Å². The first-order valence-corrected chi connectivity index (χ1v) is 4.14. The Labute approximate surface area is 70.4 Å². The molecule has 1 aromatic rings. The molecule has 0 unspecified atom stereocenters. The molecule has 12 heavy (non-hydrogen) atoms. The van der Waals surface area contributed by atoms with Crippen molar-refractivity contribution in [1.29, 1.82) is 0 Å². The number of pyridine rings is 1. The number of rotatable bonds is 2. The molecule has 1 heterocycles. The minimum absolute atomic E-state index is 0.263. The minimum atomic E-state index is -0.480. The van der Waals surface area contributed by atoms with E-state index in [0.29, 0.717) is 5.88 Å². The van der Waals surface area contributed by atoms with Crippen LogP contribution in [0.2, 0.25) is 0 Å². The number of ether oxygens (including phenoxy) is 1. The summed E-state index contributed by atoms with van der Waals surface area (Å²) < 4.78 is 17.9. The molecule has 0 atom stereocenters. The van der Waals surface area contributed by atoms with E-state index in [1.54, 1.807) is 12.1 Å². The van der Waals surface area contributed by atoms with Gasteiger partial charge in [-0.05, 0) is 25.3 Å². The van der Waals surface area contributed by atoms with Crippen LogP contribution in [0.3, 0.4) is 0 Å². The lowest BCUT2D eigenvalue weighted by molar-refractivity contribution is 0.113. The van der Waals surface area contributed by atoms with Crippen LogP contribution < -0.4 is 4.74 Å². The molecule has 3 heteroatoms. The molecule has 0 aliphatic heterocycles. The van der Waals surface area contributed by atoms with Crippen LogP contribution in [0.1, 0.15) is 19.3 Å². The first-order chi connectivity index (χ1) is 5.84. The molecule has 1 aliphatic carbocycles. The van der Waals surface area contributed by atoms with E-state index in [1.165, 1.54) is 12.5 Å². The van der Waals surface area contributed by atoms with Gasteiger partial charge in [-0.3, -0.25) is 0 Å². The van der Waals surface area contributed by atoms with Crippen LogP contribution in [0.5, 0.6) is 5.88 Å². The normalized spacial score (nSPS) is 17.1. The number of halogens is 1. The third-order valence-corrected chi connectivity index (χ3v) is 2.03. The zero-order valence-electron chi connectivity index (χ0n) is 6.66. The Kier molecular flexibility index (Phi) is 1.94. The average Bonchev–Trinajstić information content (AvgIpc) is 1.97. The van der Waals surface area contributed by atoms with Crippen LogP contribution in [0.25, 0.3) is 0 Å². The van der Waals surface area contributed by atoms with E-state index in [0.717, 1.165) is 12.8 Å². The molecular weight excluding hydrogens is 157 g/mol. The minimum Gasteiger partial charge on any atom is -0.474 e. The molecule has 64 valence electrons. The van der Waals surface area contributed by atoms with Gasteiger partial charge in [0.15, 0.2) is 0 Å². The highest BCUT2D eigenvalue weighted by atomic mass is 19.1. The summed E-state index contributed by atoms with van der Waals surface area (Å²) in [5.41, 5.74) is 0. The summed E-state index contributed by atoms with van der Waals surface area (Å²) in [5.74, 6) is -0.0773. The Morgan fingerprint density at radius 1 is 1.42 bits per heavy atom. The zero-order valence-corrected chi connectivity index (χ0v) is 6.66. The van der Waals surface area contributed by atoms with E-state index in [-0.39, 0.29) is 6.10 Å². The van der Waals surface area contributed by atoms with Gasteiger partial charge in [0, 0.05) is 6.07 Å². The van der Waals surface area contributed by atoms with Gasteiger partial charge >= 0.3 is 0 Å². The zero-order chi connectivity index (χ0) is 8.39. The van der Waals surface area contributed by atoms with Crippen molar-refractivity contribution in [1.82, 2.24) is 4.98 Å². The third-order valence-electron chi connectivity index (χ3n) is 2.03. The smallest absolute Gasteiger partial charge is 0.216 e. The summed E-state index contributed by atoms with van der Waals surface area (Å²) >= 11 is 0. The molecule has 0 bridgehead atoms. The van der Waals surface area contributed by atoms with Crippen molar-refractivity contribution in [2.45, 2.75) is 25.4 Å². The van der Waals surface area contributed by atoms with Crippen molar-refractivity contribution in [3.63, 3.8) is 0 Å². The van der Waals surface area contributed by atoms with Gasteiger partial charge in [-0.2, -0.15) is 9.37 Å². The van der Waals surface area contributed by atoms with E-state index < -0.39 is 5.95 Å². The van der Waals surface area contributed by atoms with Crippen LogP contribution in [-0.2, 0) is 0 Å². The molecule has 0 radical (unpaired) electrons. The molecule has 0 amide bonds. The highest BCUT2D eigenvalue weighted by Gasteiger charge is 2.19. The highest BCUT2D eigenvalue weighted by Crippen LogP contribution is 2.23. The van der Waals surface area contributed by atoms with Crippen molar-refractivity contribution in [2.24, 2.45) is 0 Å². The molecule has 2 nitrogen and oxygen atoms in total. The standard InChI is InChI=1S/C9H10FNO/c10-8-5-2-6-9(11-8)12-7-3-1-4-7/h2,5-7H,1,3-4H2. The van der Waals surface area contributed by atoms with Gasteiger partial charge in [0.1, 0.15) is 6.10 Å². The molecule has 1 aromatic heterocycles. The number of hydrogen-bond donors (Lipinski definition) is 0. The fraction of sp³-hybridized carbons (Fsp3) is 0.444. The lowest BCUT2D eigenvalue weighted by Crippen LogP contribution is -2.24. The third kappa shape index (κ3) is 1.55. The van der Waals surface area contributed by atoms with Crippen molar-refractivity contribution in [3.8, 4) is 5.88 Å². The predicted molar refractivity (Wildman–Crippen MR) is 42.5 cm³/mol. The molecular formula is C9H10FNO. The molecule has 1 aliphatic rings. The van der Waals surface area contributed by atoms with E-state index in [2.05, 4.69) is 4.98 Å². The molecule has 2 rings (SSSR count). The lowest BCUT2D eigenvalue weighted by atomic mass is 9.96. The molecule has 1 saturated carbocycles. The molecule has 1 fully saturated rings. The Hall–Kier alpha value is -1.12. The summed E-state index contributed by atoms with van der Waals surface area (Å²) in [4.78, 5) is 3.61. The van der Waals surface area contributed by atoms with Crippen LogP contribution in [0.4, 0.5) is 4.39 Å². The first-order valence-electron chi connectivity index (χ1n) is 4.14. The molecule has 0 saturated heterocycles. The summed E-state index contributed by atoms with van der Waals surface area (Å²) in [6, 6.07) is 4.60. The Bertz CT molecular complexity index is 273. The fourth-order valence-electron chi connectivity index (χ4n) is 1.11. The topological polar surface area (TPSA) is 22.1 Å². The van der Waals surface area contributed by atoms with Gasteiger partial charge in [-0.1, -0.05) is 6.07 Å². The van der Waals surface area contributed by atoms with Crippen LogP contribution in [0, 0.1) is 5.95 Å². The van der Waals surface area contributed by atoms with E-state index >= 15 is 0 Å². The maximum atomic E-state index is 12.5. The predicted octanol–water partition coefficient (Wildman–Crippen LogP) is 2.15. The van der Waals surface area contributed by atoms with Gasteiger partial charge in [-0.15, -0.1) is 0 Å². The van der Waals surface area contributed by atoms with E-state index in [4.69, 9.17) is 4.74 Å². The Balaban J connectivity index is 2.02. The second-order valence-corrected chi connectivity index (χ2v) is 2.97. The maximum Gasteiger partial charge on any atom is 0.216 e. The monoisotopic (exact) mass is 167 g/mol. The summed E-state index contributed by atoms with van der Waals surface area (Å²) in [5, 5.41) is 0. The molecule has 0 spiro atoms. The Morgan fingerprint density at radius 2 is 2.25 bits per heavy atom. The van der Waals surface area contributed by atoms with Gasteiger partial charge in [0.05, 0.1) is 0 Å². The van der Waals surface area contributed by atoms with Crippen LogP contribution in [-0.4, -0.2) is 11.1 Å². The quantitative estimate of drug-likeness (QED) is 0.629. The fourth-order valence-corrected chi connectivity index (χ4v) is 1.11. The highest BCUT2D eigenvalue weighted by molar-refractivity contribution is 5.11. The van der Waals surface area contributed by atoms with E-state index in [9.17, 15) is 4.39 Å². The number of nitrogens with zero attached hydrogens (tertiary/aromatic N) is 1. The lowest BCUT2D eigenvalue weighted by Gasteiger charge is -2.25. The number of aromatic nitrogens is 1. The first kappa shape index (κ1) is 7.53. The SMILES string of the molecule is Fc1cccc(OC2CCC2)n1. The van der Waals surface area contributed by atoms with Crippen LogP contribution in [0.15, 0.2) is 18.2 Å². The Morgan fingerprint density at radius 3 is 2.83 bits per heavy atom. The van der Waals surface area contributed by atoms with Crippen LogP contribution >= 0.6 is 0 Å². The number of hydrogen-bond acceptors (Lipinski definition) is 2. The summed E-state index contributed by atoms with van der Waals surface area (Å²) in [6.45, 7) is 0. The van der Waals surface area contributed by atoms with E-state index in [1.807, 2.05) is 0 Å². The van der Waals surface area contributed by atoms with Crippen molar-refractivity contribution < 1.29 is 9.13 Å². The summed E-state index contributed by atoms with van der Waals surface area (Å²) in [6.07, 6.45) is 3.61. The van der Waals surface area contributed by atoms with Gasteiger partial charge < -0.3 is 4.74 Å². The molecule has 0 N–H and O–H groups in total. The van der Waals surface area contributed by atoms with Gasteiger partial charge in [-0.25, -0.2) is 0 Å². The van der Waals surface area contributed by atoms with Crippen molar-refractivity contribution >= 4 is 0 Å². The maximum absolute atomic E-state index is 12.5. The second-order valence-electron chi connectivity index (χ2n) is 2.97. The van der Waals surface area contributed by atoms with Crippen molar-refractivity contribution in [2.75, 3.05) is 0 Å². The summed E-state index contributed by atoms with van der Waals surface area (Å²) in [7, 11) is 0. The molecule has 0 aromatic carbocycles. The van der Waals surface area contributed by atoms with Crippen molar-refractivity contribution in [3.05, 3.63) is 24.1 Å². The van der Waals surface area contributed by atoms with Gasteiger partial charge in [0.2, 0.25) is 11.8 Å². The largest absolute Gasteiger partial charge is 0.474 e.